The highest BCUT2D eigenvalue weighted by Gasteiger charge is 2.17. The second kappa shape index (κ2) is 9.32. The van der Waals surface area contributed by atoms with Gasteiger partial charge in [-0.15, -0.1) is 0 Å². The topological polar surface area (TPSA) is 57.5 Å². The largest absolute Gasteiger partial charge is 0.507 e. The first kappa shape index (κ1) is 22.2. The van der Waals surface area contributed by atoms with E-state index in [4.69, 9.17) is 0 Å². The lowest BCUT2D eigenvalue weighted by atomic mass is 9.88. The Kier molecular flexibility index (Phi) is 5.90. The Labute approximate surface area is 204 Å². The highest BCUT2D eigenvalue weighted by atomic mass is 16.3. The first-order valence-electron chi connectivity index (χ1n) is 11.4. The summed E-state index contributed by atoms with van der Waals surface area (Å²) in [5, 5.41) is 21.6. The quantitative estimate of drug-likeness (QED) is 0.264. The Bertz CT molecular complexity index is 1410. The summed E-state index contributed by atoms with van der Waals surface area (Å²) in [7, 11) is 0. The first-order chi connectivity index (χ1) is 17.0. The number of rotatable bonds is 5. The maximum absolute atomic E-state index is 11.9. The second-order valence-electron chi connectivity index (χ2n) is 8.55. The van der Waals surface area contributed by atoms with E-state index in [-0.39, 0.29) is 11.5 Å². The number of benzene rings is 5. The summed E-state index contributed by atoms with van der Waals surface area (Å²) < 4.78 is 0. The average molecular weight is 457 g/mol. The third-order valence-electron chi connectivity index (χ3n) is 6.35. The van der Waals surface area contributed by atoms with Crippen molar-refractivity contribution in [2.75, 3.05) is 0 Å². The van der Waals surface area contributed by atoms with Crippen LogP contribution in [0.1, 0.15) is 15.9 Å². The third kappa shape index (κ3) is 4.32. The van der Waals surface area contributed by atoms with Gasteiger partial charge in [-0.05, 0) is 82.3 Å². The zero-order valence-corrected chi connectivity index (χ0v) is 19.3. The van der Waals surface area contributed by atoms with E-state index in [1.54, 1.807) is 24.3 Å². The van der Waals surface area contributed by atoms with Crippen LogP contribution in [0.5, 0.6) is 11.5 Å². The summed E-state index contributed by atoms with van der Waals surface area (Å²) in [6.45, 7) is 1.95. The number of hydrogen-bond donors (Lipinski definition) is 2. The van der Waals surface area contributed by atoms with Crippen molar-refractivity contribution in [1.29, 1.82) is 0 Å². The molecular formula is C32H24O3. The van der Waals surface area contributed by atoms with Gasteiger partial charge in [-0.2, -0.15) is 0 Å². The lowest BCUT2D eigenvalue weighted by Gasteiger charge is -2.17. The van der Waals surface area contributed by atoms with Crippen LogP contribution >= 0.6 is 0 Å². The molecule has 0 bridgehead atoms. The summed E-state index contributed by atoms with van der Waals surface area (Å²) in [6.07, 6.45) is 0.794. The fraction of sp³-hybridized carbons (Fsp3) is 0.0312. The molecule has 35 heavy (non-hydrogen) atoms. The van der Waals surface area contributed by atoms with Crippen LogP contribution < -0.4 is 0 Å². The van der Waals surface area contributed by atoms with Crippen molar-refractivity contribution in [2.45, 2.75) is 6.92 Å². The number of hydrogen-bond acceptors (Lipinski definition) is 3. The molecule has 0 unspecified atom stereocenters. The fourth-order valence-electron chi connectivity index (χ4n) is 4.49. The zero-order chi connectivity index (χ0) is 24.4. The van der Waals surface area contributed by atoms with Gasteiger partial charge in [-0.1, -0.05) is 72.8 Å². The van der Waals surface area contributed by atoms with Crippen molar-refractivity contribution < 1.29 is 15.0 Å². The molecule has 0 saturated carbocycles. The van der Waals surface area contributed by atoms with E-state index in [9.17, 15) is 15.0 Å². The lowest BCUT2D eigenvalue weighted by molar-refractivity contribution is 0.112. The molecule has 0 aromatic heterocycles. The highest BCUT2D eigenvalue weighted by molar-refractivity contribution is 5.91. The van der Waals surface area contributed by atoms with Crippen LogP contribution in [0.15, 0.2) is 109 Å². The maximum Gasteiger partial charge on any atom is 0.150 e. The van der Waals surface area contributed by atoms with E-state index in [2.05, 4.69) is 0 Å². The van der Waals surface area contributed by atoms with Gasteiger partial charge >= 0.3 is 0 Å². The number of aromatic hydroxyl groups is 2. The molecule has 0 aliphatic heterocycles. The van der Waals surface area contributed by atoms with Crippen LogP contribution in [0, 0.1) is 6.92 Å². The second-order valence-corrected chi connectivity index (χ2v) is 8.55. The van der Waals surface area contributed by atoms with Crippen LogP contribution in [0.3, 0.4) is 0 Å². The maximum atomic E-state index is 11.9. The van der Waals surface area contributed by atoms with Crippen LogP contribution in [-0.2, 0) is 0 Å². The molecule has 3 nitrogen and oxygen atoms in total. The predicted octanol–water partition coefficient (Wildman–Crippen LogP) is 7.89. The molecule has 3 heteroatoms. The Morgan fingerprint density at radius 2 is 0.943 bits per heavy atom. The smallest absolute Gasteiger partial charge is 0.150 e. The Balaban J connectivity index is 1.70. The van der Waals surface area contributed by atoms with Gasteiger partial charge in [0.15, 0.2) is 0 Å². The predicted molar refractivity (Wildman–Crippen MR) is 142 cm³/mol. The van der Waals surface area contributed by atoms with Crippen LogP contribution in [0.25, 0.3) is 44.5 Å². The molecule has 5 aromatic carbocycles. The van der Waals surface area contributed by atoms with Crippen LogP contribution in [0.4, 0.5) is 0 Å². The molecule has 2 N–H and O–H groups in total. The van der Waals surface area contributed by atoms with Gasteiger partial charge < -0.3 is 10.2 Å². The van der Waals surface area contributed by atoms with Gasteiger partial charge in [0.1, 0.15) is 17.8 Å². The molecule has 5 aromatic rings. The molecule has 0 fully saturated rings. The minimum Gasteiger partial charge on any atom is -0.507 e. The third-order valence-corrected chi connectivity index (χ3v) is 6.35. The fourth-order valence-corrected chi connectivity index (χ4v) is 4.49. The standard InChI is InChI=1S/C32H24O3/c1-21-27(29-18-25(12-14-31(29)34)23-8-4-2-5-9-23)16-22(20-33)17-28(21)30-19-26(13-15-32(30)35)24-10-6-3-7-11-24/h2-20,34-35H,1H3. The monoisotopic (exact) mass is 456 g/mol. The minimum atomic E-state index is 0.129. The van der Waals surface area contributed by atoms with E-state index in [1.807, 2.05) is 91.9 Å². The summed E-state index contributed by atoms with van der Waals surface area (Å²) in [5.74, 6) is 0.257. The SMILES string of the molecule is Cc1c(-c2cc(-c3ccccc3)ccc2O)cc(C=O)cc1-c1cc(-c2ccccc2)ccc1O. The molecule has 0 saturated heterocycles. The lowest BCUT2D eigenvalue weighted by Crippen LogP contribution is -1.94. The van der Waals surface area contributed by atoms with E-state index < -0.39 is 0 Å². The number of carbonyl (C=O) groups excluding carboxylic acids is 1. The molecule has 0 amide bonds. The zero-order valence-electron chi connectivity index (χ0n) is 19.3. The van der Waals surface area contributed by atoms with Crippen LogP contribution in [-0.4, -0.2) is 16.5 Å². The summed E-state index contributed by atoms with van der Waals surface area (Å²) in [6, 6.07) is 34.4. The summed E-state index contributed by atoms with van der Waals surface area (Å²) in [5.41, 5.74) is 8.06. The molecule has 0 aliphatic rings. The van der Waals surface area contributed by atoms with Gasteiger partial charge in [-0.25, -0.2) is 0 Å². The van der Waals surface area contributed by atoms with E-state index >= 15 is 0 Å². The van der Waals surface area contributed by atoms with Gasteiger partial charge in [-0.3, -0.25) is 4.79 Å². The number of phenolic OH excluding ortho intramolecular Hbond substituents is 2. The molecule has 0 radical (unpaired) electrons. The normalized spacial score (nSPS) is 10.8. The molecule has 0 atom stereocenters. The van der Waals surface area contributed by atoms with E-state index in [0.29, 0.717) is 16.7 Å². The molecule has 0 spiro atoms. The van der Waals surface area contributed by atoms with Crippen molar-refractivity contribution in [3.63, 3.8) is 0 Å². The van der Waals surface area contributed by atoms with Crippen molar-refractivity contribution in [3.05, 3.63) is 120 Å². The Morgan fingerprint density at radius 3 is 1.34 bits per heavy atom. The van der Waals surface area contributed by atoms with Gasteiger partial charge in [0, 0.05) is 16.7 Å². The van der Waals surface area contributed by atoms with Crippen molar-refractivity contribution in [1.82, 2.24) is 0 Å². The van der Waals surface area contributed by atoms with Gasteiger partial charge in [0.2, 0.25) is 0 Å². The number of aldehydes is 1. The highest BCUT2D eigenvalue weighted by Crippen LogP contribution is 2.42. The number of phenols is 2. The molecule has 170 valence electrons. The van der Waals surface area contributed by atoms with Gasteiger partial charge in [0.05, 0.1) is 0 Å². The van der Waals surface area contributed by atoms with Gasteiger partial charge in [0.25, 0.3) is 0 Å². The Morgan fingerprint density at radius 1 is 0.514 bits per heavy atom. The summed E-state index contributed by atoms with van der Waals surface area (Å²) >= 11 is 0. The van der Waals surface area contributed by atoms with Crippen molar-refractivity contribution >= 4 is 6.29 Å². The Hall–Kier alpha value is -4.63. The molecule has 0 heterocycles. The average Bonchev–Trinajstić information content (AvgIpc) is 2.91. The van der Waals surface area contributed by atoms with Crippen LogP contribution in [0.2, 0.25) is 0 Å². The first-order valence-corrected chi connectivity index (χ1v) is 11.4. The molecular weight excluding hydrogens is 432 g/mol. The van der Waals surface area contributed by atoms with Crippen molar-refractivity contribution in [3.8, 4) is 56.0 Å². The molecule has 0 aliphatic carbocycles. The summed E-state index contributed by atoms with van der Waals surface area (Å²) in [4.78, 5) is 11.9. The number of carbonyl (C=O) groups is 1. The van der Waals surface area contributed by atoms with E-state index in [1.165, 1.54) is 0 Å². The molecule has 5 rings (SSSR count). The minimum absolute atomic E-state index is 0.129. The van der Waals surface area contributed by atoms with Crippen molar-refractivity contribution in [2.24, 2.45) is 0 Å². The van der Waals surface area contributed by atoms with E-state index in [0.717, 1.165) is 45.2 Å².